The Morgan fingerprint density at radius 1 is 1.42 bits per heavy atom. The number of carbonyl (C=O) groups excluding carboxylic acids is 2. The maximum atomic E-state index is 13.9. The molecule has 3 rings (SSSR count). The first kappa shape index (κ1) is 16.4. The van der Waals surface area contributed by atoms with E-state index < -0.39 is 23.7 Å². The first-order valence-electron chi connectivity index (χ1n) is 7.39. The lowest BCUT2D eigenvalue weighted by Gasteiger charge is -2.24. The number of rotatable bonds is 3. The third kappa shape index (κ3) is 3.10. The fraction of sp³-hybridized carbons (Fsp3) is 0.235. The minimum absolute atomic E-state index is 0.0383. The van der Waals surface area contributed by atoms with Crippen LogP contribution in [0.2, 0.25) is 5.02 Å². The van der Waals surface area contributed by atoms with Crippen LogP contribution < -0.4 is 5.32 Å². The highest BCUT2D eigenvalue weighted by Gasteiger charge is 2.42. The van der Waals surface area contributed by atoms with E-state index in [4.69, 9.17) is 11.6 Å². The molecule has 0 aliphatic carbocycles. The van der Waals surface area contributed by atoms with Crippen molar-refractivity contribution in [3.8, 4) is 0 Å². The van der Waals surface area contributed by atoms with Gasteiger partial charge in [-0.2, -0.15) is 0 Å². The van der Waals surface area contributed by atoms with Crippen molar-refractivity contribution in [1.82, 2.24) is 9.88 Å². The molecule has 1 aromatic carbocycles. The molecule has 0 bridgehead atoms. The van der Waals surface area contributed by atoms with Crippen LogP contribution in [0.25, 0.3) is 0 Å². The monoisotopic (exact) mass is 347 g/mol. The molecule has 1 N–H and O–H groups in total. The second kappa shape index (κ2) is 6.57. The molecule has 0 radical (unpaired) electrons. The summed E-state index contributed by atoms with van der Waals surface area (Å²) >= 11 is 5.71. The van der Waals surface area contributed by atoms with Crippen molar-refractivity contribution in [2.45, 2.75) is 12.5 Å². The number of hydrogen-bond donors (Lipinski definition) is 1. The predicted octanol–water partition coefficient (Wildman–Crippen LogP) is 3.03. The van der Waals surface area contributed by atoms with Gasteiger partial charge in [-0.25, -0.2) is 4.39 Å². The van der Waals surface area contributed by atoms with Crippen molar-refractivity contribution in [1.29, 1.82) is 0 Å². The number of carbonyl (C=O) groups is 2. The van der Waals surface area contributed by atoms with Crippen LogP contribution >= 0.6 is 11.6 Å². The Labute approximate surface area is 143 Å². The summed E-state index contributed by atoms with van der Waals surface area (Å²) in [5.74, 6) is -1.79. The number of nitrogens with zero attached hydrogens (tertiary/aromatic N) is 2. The quantitative estimate of drug-likeness (QED) is 0.928. The van der Waals surface area contributed by atoms with Crippen molar-refractivity contribution in [3.05, 3.63) is 59.1 Å². The zero-order valence-corrected chi connectivity index (χ0v) is 13.6. The van der Waals surface area contributed by atoms with Crippen LogP contribution in [0.1, 0.15) is 18.0 Å². The van der Waals surface area contributed by atoms with Gasteiger partial charge in [0.1, 0.15) is 5.82 Å². The number of amides is 2. The third-order valence-electron chi connectivity index (χ3n) is 4.14. The molecule has 1 fully saturated rings. The molecule has 0 saturated carbocycles. The molecule has 124 valence electrons. The number of halogens is 2. The van der Waals surface area contributed by atoms with Gasteiger partial charge in [-0.15, -0.1) is 0 Å². The van der Waals surface area contributed by atoms with Crippen LogP contribution in [0.5, 0.6) is 0 Å². The van der Waals surface area contributed by atoms with Gasteiger partial charge in [-0.1, -0.05) is 17.7 Å². The van der Waals surface area contributed by atoms with E-state index in [1.54, 1.807) is 25.5 Å². The van der Waals surface area contributed by atoms with Gasteiger partial charge in [0.05, 0.1) is 17.6 Å². The summed E-state index contributed by atoms with van der Waals surface area (Å²) in [6.07, 6.45) is 3.32. The van der Waals surface area contributed by atoms with Gasteiger partial charge in [-0.3, -0.25) is 14.6 Å². The lowest BCUT2D eigenvalue weighted by atomic mass is 9.94. The zero-order valence-electron chi connectivity index (χ0n) is 12.9. The highest BCUT2D eigenvalue weighted by molar-refractivity contribution is 6.30. The molecule has 2 amide bonds. The molecule has 7 heteroatoms. The summed E-state index contributed by atoms with van der Waals surface area (Å²) in [5.41, 5.74) is 0.805. The minimum atomic E-state index is -0.623. The van der Waals surface area contributed by atoms with Crippen molar-refractivity contribution < 1.29 is 14.0 Å². The molecule has 2 heterocycles. The second-order valence-corrected chi connectivity index (χ2v) is 6.10. The predicted molar refractivity (Wildman–Crippen MR) is 87.9 cm³/mol. The average Bonchev–Trinajstić information content (AvgIpc) is 2.86. The van der Waals surface area contributed by atoms with E-state index >= 15 is 0 Å². The Kier molecular flexibility index (Phi) is 4.49. The first-order valence-corrected chi connectivity index (χ1v) is 7.76. The molecule has 0 spiro atoms. The van der Waals surface area contributed by atoms with E-state index in [-0.39, 0.29) is 23.0 Å². The normalized spacial score (nSPS) is 20.3. The van der Waals surface area contributed by atoms with Crippen LogP contribution in [0.4, 0.5) is 10.1 Å². The SMILES string of the molecule is CN1C(=O)CC(C(=O)Nc2ccc(Cl)cc2F)C1c1cccnc1. The van der Waals surface area contributed by atoms with Crippen molar-refractivity contribution in [3.63, 3.8) is 0 Å². The Bertz CT molecular complexity index is 785. The van der Waals surface area contributed by atoms with Gasteiger partial charge in [0.25, 0.3) is 0 Å². The topological polar surface area (TPSA) is 62.3 Å². The van der Waals surface area contributed by atoms with Crippen LogP contribution in [0.3, 0.4) is 0 Å². The standard InChI is InChI=1S/C17H15ClFN3O2/c1-22-15(23)8-12(16(22)10-3-2-6-20-9-10)17(24)21-14-5-4-11(18)7-13(14)19/h2-7,9,12,16H,8H2,1H3,(H,21,24). The van der Waals surface area contributed by atoms with E-state index in [2.05, 4.69) is 10.3 Å². The van der Waals surface area contributed by atoms with Crippen LogP contribution in [0.15, 0.2) is 42.7 Å². The maximum Gasteiger partial charge on any atom is 0.230 e. The number of pyridine rings is 1. The second-order valence-electron chi connectivity index (χ2n) is 5.66. The minimum Gasteiger partial charge on any atom is -0.338 e. The van der Waals surface area contributed by atoms with Gasteiger partial charge in [0.2, 0.25) is 11.8 Å². The number of likely N-dealkylation sites (tertiary alicyclic amines) is 1. The number of anilines is 1. The highest BCUT2D eigenvalue weighted by Crippen LogP contribution is 2.37. The number of benzene rings is 1. The van der Waals surface area contributed by atoms with E-state index in [1.807, 2.05) is 6.07 Å². The van der Waals surface area contributed by atoms with E-state index in [0.29, 0.717) is 0 Å². The van der Waals surface area contributed by atoms with Crippen molar-refractivity contribution in [2.24, 2.45) is 5.92 Å². The maximum absolute atomic E-state index is 13.9. The molecule has 2 atom stereocenters. The molecule has 1 aromatic heterocycles. The van der Waals surface area contributed by atoms with Gasteiger partial charge in [0.15, 0.2) is 0 Å². The number of nitrogens with one attached hydrogen (secondary N) is 1. The molecular formula is C17H15ClFN3O2. The molecule has 24 heavy (non-hydrogen) atoms. The van der Waals surface area contributed by atoms with Gasteiger partial charge < -0.3 is 10.2 Å². The lowest BCUT2D eigenvalue weighted by molar-refractivity contribution is -0.127. The highest BCUT2D eigenvalue weighted by atomic mass is 35.5. The molecule has 1 saturated heterocycles. The van der Waals surface area contributed by atoms with Gasteiger partial charge in [0, 0.05) is 30.9 Å². The summed E-state index contributed by atoms with van der Waals surface area (Å²) in [6.45, 7) is 0. The van der Waals surface area contributed by atoms with Gasteiger partial charge in [-0.05, 0) is 29.8 Å². The lowest BCUT2D eigenvalue weighted by Crippen LogP contribution is -2.30. The molecule has 5 nitrogen and oxygen atoms in total. The third-order valence-corrected chi connectivity index (χ3v) is 4.37. The average molecular weight is 348 g/mol. The van der Waals surface area contributed by atoms with Gasteiger partial charge >= 0.3 is 0 Å². The Balaban J connectivity index is 1.86. The fourth-order valence-corrected chi connectivity index (χ4v) is 3.09. The molecule has 2 aromatic rings. The Hall–Kier alpha value is -2.47. The molecule has 1 aliphatic rings. The summed E-state index contributed by atoms with van der Waals surface area (Å²) in [4.78, 5) is 30.3. The number of aromatic nitrogens is 1. The smallest absolute Gasteiger partial charge is 0.230 e. The van der Waals surface area contributed by atoms with Crippen molar-refractivity contribution in [2.75, 3.05) is 12.4 Å². The molecule has 1 aliphatic heterocycles. The summed E-state index contributed by atoms with van der Waals surface area (Å²) in [5, 5.41) is 2.79. The largest absolute Gasteiger partial charge is 0.338 e. The first-order chi connectivity index (χ1) is 11.5. The van der Waals surface area contributed by atoms with Crippen molar-refractivity contribution >= 4 is 29.1 Å². The summed E-state index contributed by atoms with van der Waals surface area (Å²) in [7, 11) is 1.65. The fourth-order valence-electron chi connectivity index (χ4n) is 2.93. The van der Waals surface area contributed by atoms with Crippen LogP contribution in [0, 0.1) is 11.7 Å². The Morgan fingerprint density at radius 3 is 2.88 bits per heavy atom. The summed E-state index contributed by atoms with van der Waals surface area (Å²) in [6, 6.07) is 7.15. The number of hydrogen-bond acceptors (Lipinski definition) is 3. The Morgan fingerprint density at radius 2 is 2.21 bits per heavy atom. The zero-order chi connectivity index (χ0) is 17.3. The summed E-state index contributed by atoms with van der Waals surface area (Å²) < 4.78 is 13.9. The molecule has 2 unspecified atom stereocenters. The van der Waals surface area contributed by atoms with E-state index in [1.165, 1.54) is 17.0 Å². The molecular weight excluding hydrogens is 333 g/mol. The van der Waals surface area contributed by atoms with E-state index in [0.717, 1.165) is 11.6 Å². The van der Waals surface area contributed by atoms with Crippen LogP contribution in [-0.2, 0) is 9.59 Å². The van der Waals surface area contributed by atoms with E-state index in [9.17, 15) is 14.0 Å². The van der Waals surface area contributed by atoms with Crippen LogP contribution in [-0.4, -0.2) is 28.7 Å².